The maximum atomic E-state index is 13.3. The van der Waals surface area contributed by atoms with Crippen molar-refractivity contribution in [3.63, 3.8) is 0 Å². The smallest absolute Gasteiger partial charge is 0.325 e. The van der Waals surface area contributed by atoms with Gasteiger partial charge in [-0.3, -0.25) is 9.69 Å². The number of halogens is 2. The van der Waals surface area contributed by atoms with E-state index in [1.165, 1.54) is 24.3 Å². The molecule has 0 aromatic heterocycles. The number of urea groups is 1. The average Bonchev–Trinajstić information content (AvgIpc) is 2.87. The minimum atomic E-state index is -1.22. The maximum Gasteiger partial charge on any atom is 0.325 e. The van der Waals surface area contributed by atoms with Crippen molar-refractivity contribution in [3.8, 4) is 11.5 Å². The molecule has 0 bridgehead atoms. The molecule has 6 nitrogen and oxygen atoms in total. The number of carbonyl (C=O) groups is 2. The van der Waals surface area contributed by atoms with Crippen molar-refractivity contribution in [2.24, 2.45) is 0 Å². The van der Waals surface area contributed by atoms with Crippen molar-refractivity contribution in [1.29, 1.82) is 0 Å². The van der Waals surface area contributed by atoms with Gasteiger partial charge in [-0.15, -0.1) is 0 Å². The first kappa shape index (κ1) is 19.5. The van der Waals surface area contributed by atoms with Gasteiger partial charge in [0.15, 0.2) is 11.5 Å². The Morgan fingerprint density at radius 2 is 1.90 bits per heavy atom. The number of nitrogens with zero attached hydrogens (tertiary/aromatic N) is 1. The number of imide groups is 1. The Balaban J connectivity index is 1.64. The Hall–Kier alpha value is -2.80. The van der Waals surface area contributed by atoms with Gasteiger partial charge in [0.25, 0.3) is 5.91 Å². The fourth-order valence-corrected chi connectivity index (χ4v) is 3.99. The van der Waals surface area contributed by atoms with E-state index in [0.717, 1.165) is 11.3 Å². The van der Waals surface area contributed by atoms with E-state index in [-0.39, 0.29) is 12.5 Å². The molecule has 0 spiro atoms. The number of hydrogen-bond donors (Lipinski definition) is 1. The summed E-state index contributed by atoms with van der Waals surface area (Å²) in [5.74, 6) is 0.173. The zero-order valence-corrected chi connectivity index (χ0v) is 16.6. The molecule has 3 amide bonds. The number of amides is 3. The normalized spacial score (nSPS) is 21.1. The largest absolute Gasteiger partial charge is 0.489 e. The quantitative estimate of drug-likeness (QED) is 0.762. The fourth-order valence-electron chi connectivity index (χ4n) is 3.70. The molecule has 8 heteroatoms. The number of benzene rings is 2. The van der Waals surface area contributed by atoms with E-state index < -0.39 is 17.4 Å². The number of carbonyl (C=O) groups excluding carboxylic acids is 2. The lowest BCUT2D eigenvalue weighted by atomic mass is 9.87. The molecule has 0 radical (unpaired) electrons. The first-order valence-corrected chi connectivity index (χ1v) is 9.80. The second-order valence-electron chi connectivity index (χ2n) is 7.04. The van der Waals surface area contributed by atoms with Gasteiger partial charge >= 0.3 is 6.03 Å². The second kappa shape index (κ2) is 7.55. The van der Waals surface area contributed by atoms with Crippen LogP contribution in [0.2, 0.25) is 5.02 Å². The zero-order chi connectivity index (χ0) is 20.6. The van der Waals surface area contributed by atoms with Crippen molar-refractivity contribution >= 4 is 23.5 Å². The van der Waals surface area contributed by atoms with Crippen LogP contribution in [-0.2, 0) is 16.9 Å². The Labute approximate surface area is 172 Å². The first-order valence-electron chi connectivity index (χ1n) is 9.43. The van der Waals surface area contributed by atoms with Crippen molar-refractivity contribution in [2.75, 3.05) is 13.2 Å². The molecule has 152 valence electrons. The van der Waals surface area contributed by atoms with Gasteiger partial charge in [-0.25, -0.2) is 9.18 Å². The zero-order valence-electron chi connectivity index (χ0n) is 15.8. The van der Waals surface area contributed by atoms with Crippen molar-refractivity contribution < 1.29 is 23.5 Å². The van der Waals surface area contributed by atoms with Crippen LogP contribution in [0.15, 0.2) is 36.4 Å². The molecule has 1 N–H and O–H groups in total. The molecule has 2 aliphatic heterocycles. The van der Waals surface area contributed by atoms with Gasteiger partial charge in [0.1, 0.15) is 11.4 Å². The summed E-state index contributed by atoms with van der Waals surface area (Å²) in [6, 6.07) is 8.48. The maximum absolute atomic E-state index is 13.3. The van der Waals surface area contributed by atoms with Crippen LogP contribution in [0.5, 0.6) is 11.5 Å². The van der Waals surface area contributed by atoms with Crippen LogP contribution >= 0.6 is 11.6 Å². The van der Waals surface area contributed by atoms with Crippen molar-refractivity contribution in [1.82, 2.24) is 10.2 Å². The lowest BCUT2D eigenvalue weighted by Gasteiger charge is -2.26. The van der Waals surface area contributed by atoms with E-state index in [4.69, 9.17) is 21.1 Å². The van der Waals surface area contributed by atoms with Crippen LogP contribution in [0.1, 0.15) is 30.9 Å². The van der Waals surface area contributed by atoms with Crippen LogP contribution < -0.4 is 14.8 Å². The van der Waals surface area contributed by atoms with Crippen LogP contribution in [0, 0.1) is 5.82 Å². The van der Waals surface area contributed by atoms with Gasteiger partial charge in [0, 0.05) is 6.42 Å². The molecule has 2 aliphatic rings. The third kappa shape index (κ3) is 3.40. The summed E-state index contributed by atoms with van der Waals surface area (Å²) in [7, 11) is 0. The van der Waals surface area contributed by atoms with Gasteiger partial charge in [-0.1, -0.05) is 30.7 Å². The molecule has 1 saturated heterocycles. The first-order chi connectivity index (χ1) is 13.9. The SMILES string of the molecule is CCC1(c2ccc(F)cc2)NC(=O)N(Cc2cc(Cl)c3c(c2)OCCCO3)C1=O. The Morgan fingerprint density at radius 1 is 1.17 bits per heavy atom. The average molecular weight is 419 g/mol. The Morgan fingerprint density at radius 3 is 2.62 bits per heavy atom. The number of fused-ring (bicyclic) bond motifs is 1. The molecule has 2 aromatic rings. The van der Waals surface area contributed by atoms with Gasteiger partial charge in [0.2, 0.25) is 0 Å². The van der Waals surface area contributed by atoms with Gasteiger partial charge in [-0.05, 0) is 41.8 Å². The Bertz CT molecular complexity index is 966. The minimum absolute atomic E-state index is 0.0317. The third-order valence-corrected chi connectivity index (χ3v) is 5.53. The monoisotopic (exact) mass is 418 g/mol. The summed E-state index contributed by atoms with van der Waals surface area (Å²) in [6.45, 7) is 2.84. The van der Waals surface area contributed by atoms with Crippen molar-refractivity contribution in [2.45, 2.75) is 31.8 Å². The van der Waals surface area contributed by atoms with E-state index in [2.05, 4.69) is 5.32 Å². The molecule has 0 aliphatic carbocycles. The summed E-state index contributed by atoms with van der Waals surface area (Å²) in [6.07, 6.45) is 1.08. The standard InChI is InChI=1S/C21H20ClFN2O4/c1-2-21(14-4-6-15(23)7-5-14)19(26)25(20(27)24-21)12-13-10-16(22)18-17(11-13)28-8-3-9-29-18/h4-7,10-11H,2-3,8-9,12H2,1H3,(H,24,27). The molecule has 1 atom stereocenters. The molecular weight excluding hydrogens is 399 g/mol. The second-order valence-corrected chi connectivity index (χ2v) is 7.45. The van der Waals surface area contributed by atoms with Crippen LogP contribution in [0.4, 0.5) is 9.18 Å². The van der Waals surface area contributed by atoms with Gasteiger partial charge in [0.05, 0.1) is 24.8 Å². The summed E-state index contributed by atoms with van der Waals surface area (Å²) < 4.78 is 24.6. The van der Waals surface area contributed by atoms with Gasteiger partial charge < -0.3 is 14.8 Å². The summed E-state index contributed by atoms with van der Waals surface area (Å²) >= 11 is 6.33. The highest BCUT2D eigenvalue weighted by atomic mass is 35.5. The predicted molar refractivity (Wildman–Crippen MR) is 105 cm³/mol. The van der Waals surface area contributed by atoms with Crippen LogP contribution in [0.25, 0.3) is 0 Å². The third-order valence-electron chi connectivity index (χ3n) is 5.25. The topological polar surface area (TPSA) is 67.9 Å². The molecular formula is C21H20ClFN2O4. The van der Waals surface area contributed by atoms with Gasteiger partial charge in [-0.2, -0.15) is 0 Å². The van der Waals surface area contributed by atoms with Crippen LogP contribution in [-0.4, -0.2) is 30.1 Å². The lowest BCUT2D eigenvalue weighted by Crippen LogP contribution is -2.43. The molecule has 1 unspecified atom stereocenters. The highest BCUT2D eigenvalue weighted by molar-refractivity contribution is 6.32. The molecule has 0 saturated carbocycles. The summed E-state index contributed by atoms with van der Waals surface area (Å²) in [5.41, 5.74) is -0.0347. The Kier molecular flexibility index (Phi) is 5.08. The van der Waals surface area contributed by atoms with E-state index in [0.29, 0.717) is 47.3 Å². The van der Waals surface area contributed by atoms with E-state index >= 15 is 0 Å². The number of rotatable bonds is 4. The lowest BCUT2D eigenvalue weighted by molar-refractivity contribution is -0.132. The van der Waals surface area contributed by atoms with E-state index in [1.807, 2.05) is 0 Å². The highest BCUT2D eigenvalue weighted by Gasteiger charge is 2.51. The summed E-state index contributed by atoms with van der Waals surface area (Å²) in [4.78, 5) is 27.1. The minimum Gasteiger partial charge on any atom is -0.489 e. The highest BCUT2D eigenvalue weighted by Crippen LogP contribution is 2.39. The number of ether oxygens (including phenoxy) is 2. The predicted octanol–water partition coefficient (Wildman–Crippen LogP) is 4.00. The van der Waals surface area contributed by atoms with E-state index in [1.54, 1.807) is 19.1 Å². The molecule has 1 fully saturated rings. The number of nitrogens with one attached hydrogen (secondary N) is 1. The van der Waals surface area contributed by atoms with Crippen LogP contribution in [0.3, 0.4) is 0 Å². The van der Waals surface area contributed by atoms with Crippen molar-refractivity contribution in [3.05, 3.63) is 58.4 Å². The fraction of sp³-hybridized carbons (Fsp3) is 0.333. The molecule has 2 aromatic carbocycles. The van der Waals surface area contributed by atoms with E-state index in [9.17, 15) is 14.0 Å². The summed E-state index contributed by atoms with van der Waals surface area (Å²) in [5, 5.41) is 3.15. The molecule has 2 heterocycles. The number of hydrogen-bond acceptors (Lipinski definition) is 4. The molecule has 29 heavy (non-hydrogen) atoms. The molecule has 4 rings (SSSR count).